The molecule has 204 valence electrons. The molecule has 0 aliphatic heterocycles. The van der Waals surface area contributed by atoms with Gasteiger partial charge in [-0.2, -0.15) is 4.98 Å². The second-order valence-corrected chi connectivity index (χ2v) is 10.3. The van der Waals surface area contributed by atoms with E-state index < -0.39 is 18.3 Å². The number of nitrogens with zero attached hydrogens (tertiary/aromatic N) is 4. The summed E-state index contributed by atoms with van der Waals surface area (Å²) < 4.78 is 41.2. The number of aliphatic carboxylic acids is 1. The summed E-state index contributed by atoms with van der Waals surface area (Å²) in [6.07, 6.45) is 0.861. The molecule has 1 atom stereocenters. The summed E-state index contributed by atoms with van der Waals surface area (Å²) in [5, 5.41) is 9.39. The Bertz CT molecular complexity index is 1520. The first-order valence-electron chi connectivity index (χ1n) is 12.6. The van der Waals surface area contributed by atoms with E-state index >= 15 is 0 Å². The lowest BCUT2D eigenvalue weighted by atomic mass is 10.1. The molecule has 0 amide bonds. The molecule has 1 aliphatic carbocycles. The van der Waals surface area contributed by atoms with Gasteiger partial charge in [0.25, 0.3) is 6.43 Å². The van der Waals surface area contributed by atoms with E-state index in [1.807, 2.05) is 6.92 Å². The van der Waals surface area contributed by atoms with Crippen LogP contribution >= 0.6 is 11.6 Å². The van der Waals surface area contributed by atoms with Crippen LogP contribution in [0.25, 0.3) is 22.6 Å². The van der Waals surface area contributed by atoms with Gasteiger partial charge in [0.05, 0.1) is 24.1 Å². The van der Waals surface area contributed by atoms with Crippen molar-refractivity contribution < 1.29 is 28.2 Å². The van der Waals surface area contributed by atoms with E-state index in [2.05, 4.69) is 9.97 Å². The van der Waals surface area contributed by atoms with Crippen LogP contribution in [0.3, 0.4) is 0 Å². The Morgan fingerprint density at radius 3 is 2.67 bits per heavy atom. The number of fused-ring (bicyclic) bond motifs is 1. The van der Waals surface area contributed by atoms with Gasteiger partial charge in [0.15, 0.2) is 11.2 Å². The summed E-state index contributed by atoms with van der Waals surface area (Å²) in [6.45, 7) is 3.89. The standard InChI is InChI=1S/C28H27ClF2N4O4/c1-16(27(36)37)9-12-38-18-7-8-20(21(29)13-18)24-34-22-25(32-15-33-26(22)39-28(2)10-11-28)35(24)14-17-5-3-4-6-19(17)23(30)31/h3-8,13,15-16,23H,9-12,14H2,1-2H3,(H,36,37). The number of imidazole rings is 1. The lowest BCUT2D eigenvalue weighted by Crippen LogP contribution is -2.13. The van der Waals surface area contributed by atoms with Gasteiger partial charge in [-0.25, -0.2) is 18.7 Å². The number of alkyl halides is 2. The van der Waals surface area contributed by atoms with Gasteiger partial charge in [-0.05, 0) is 49.9 Å². The van der Waals surface area contributed by atoms with Gasteiger partial charge in [0, 0.05) is 11.1 Å². The lowest BCUT2D eigenvalue weighted by Gasteiger charge is -2.14. The third kappa shape index (κ3) is 5.80. The summed E-state index contributed by atoms with van der Waals surface area (Å²) in [5.41, 5.74) is 1.41. The van der Waals surface area contributed by atoms with E-state index in [0.717, 1.165) is 12.8 Å². The molecule has 39 heavy (non-hydrogen) atoms. The first kappa shape index (κ1) is 26.8. The molecule has 1 fully saturated rings. The molecule has 0 radical (unpaired) electrons. The molecular formula is C28H27ClF2N4O4. The number of hydrogen-bond acceptors (Lipinski definition) is 6. The van der Waals surface area contributed by atoms with Crippen LogP contribution in [-0.2, 0) is 11.3 Å². The Morgan fingerprint density at radius 1 is 1.21 bits per heavy atom. The molecule has 1 N–H and O–H groups in total. The van der Waals surface area contributed by atoms with Gasteiger partial charge < -0.3 is 19.1 Å². The number of aromatic nitrogens is 4. The van der Waals surface area contributed by atoms with Crippen molar-refractivity contribution >= 4 is 28.7 Å². The number of carboxylic acids is 1. The van der Waals surface area contributed by atoms with Crippen molar-refractivity contribution in [2.45, 2.75) is 51.7 Å². The summed E-state index contributed by atoms with van der Waals surface area (Å²) in [4.78, 5) is 24.6. The lowest BCUT2D eigenvalue weighted by molar-refractivity contribution is -0.141. The number of rotatable bonds is 11. The molecule has 4 aromatic rings. The van der Waals surface area contributed by atoms with Crippen molar-refractivity contribution in [2.75, 3.05) is 6.61 Å². The van der Waals surface area contributed by atoms with Crippen LogP contribution in [-0.4, -0.2) is 42.8 Å². The first-order valence-corrected chi connectivity index (χ1v) is 12.9. The Kier molecular flexibility index (Phi) is 7.40. The molecule has 8 nitrogen and oxygen atoms in total. The monoisotopic (exact) mass is 556 g/mol. The van der Waals surface area contributed by atoms with Crippen molar-refractivity contribution in [1.29, 1.82) is 0 Å². The van der Waals surface area contributed by atoms with Crippen LogP contribution in [0, 0.1) is 5.92 Å². The predicted molar refractivity (Wildman–Crippen MR) is 141 cm³/mol. The quantitative estimate of drug-likeness (QED) is 0.223. The smallest absolute Gasteiger partial charge is 0.306 e. The molecular weight excluding hydrogens is 530 g/mol. The van der Waals surface area contributed by atoms with Gasteiger partial charge in [0.2, 0.25) is 5.88 Å². The molecule has 2 aromatic heterocycles. The maximum absolute atomic E-state index is 13.8. The highest BCUT2D eigenvalue weighted by Crippen LogP contribution is 2.41. The number of ether oxygens (including phenoxy) is 2. The minimum absolute atomic E-state index is 0.0712. The molecule has 0 bridgehead atoms. The van der Waals surface area contributed by atoms with Crippen LogP contribution in [0.4, 0.5) is 8.78 Å². The number of benzene rings is 2. The van der Waals surface area contributed by atoms with Crippen molar-refractivity contribution in [1.82, 2.24) is 19.5 Å². The fourth-order valence-electron chi connectivity index (χ4n) is 4.16. The van der Waals surface area contributed by atoms with Gasteiger partial charge in [0.1, 0.15) is 23.5 Å². The highest BCUT2D eigenvalue weighted by molar-refractivity contribution is 6.33. The average Bonchev–Trinajstić information content (AvgIpc) is 3.52. The van der Waals surface area contributed by atoms with Gasteiger partial charge in [-0.15, -0.1) is 0 Å². The van der Waals surface area contributed by atoms with E-state index in [0.29, 0.717) is 51.2 Å². The van der Waals surface area contributed by atoms with E-state index in [-0.39, 0.29) is 24.3 Å². The highest BCUT2D eigenvalue weighted by Gasteiger charge is 2.41. The molecule has 2 aromatic carbocycles. The molecule has 0 spiro atoms. The van der Waals surface area contributed by atoms with Crippen molar-refractivity contribution in [3.05, 3.63) is 64.9 Å². The number of carbonyl (C=O) groups is 1. The Balaban J connectivity index is 1.55. The zero-order valence-corrected chi connectivity index (χ0v) is 22.2. The SMILES string of the molecule is CC(CCOc1ccc(-c2nc3c(OC4(C)CC4)ncnc3n2Cc2ccccc2C(F)F)c(Cl)c1)C(=O)O. The van der Waals surface area contributed by atoms with E-state index in [4.69, 9.17) is 31.2 Å². The van der Waals surface area contributed by atoms with Gasteiger partial charge >= 0.3 is 5.97 Å². The van der Waals surface area contributed by atoms with Gasteiger partial charge in [-0.3, -0.25) is 4.79 Å². The van der Waals surface area contributed by atoms with Gasteiger partial charge in [-0.1, -0.05) is 42.8 Å². The minimum atomic E-state index is -2.65. The third-order valence-electron chi connectivity index (χ3n) is 6.84. The number of carboxylic acid groups (broad SMARTS) is 1. The zero-order valence-electron chi connectivity index (χ0n) is 21.4. The summed E-state index contributed by atoms with van der Waals surface area (Å²) in [5.74, 6) is -0.215. The molecule has 0 saturated heterocycles. The molecule has 1 unspecified atom stereocenters. The Labute approximate surface area is 228 Å². The normalized spacial score (nSPS) is 14.9. The summed E-state index contributed by atoms with van der Waals surface area (Å²) >= 11 is 6.68. The second kappa shape index (κ2) is 10.8. The first-order chi connectivity index (χ1) is 18.6. The third-order valence-corrected chi connectivity index (χ3v) is 7.15. The fourth-order valence-corrected chi connectivity index (χ4v) is 4.42. The molecule has 1 aliphatic rings. The zero-order chi connectivity index (χ0) is 27.7. The Morgan fingerprint density at radius 2 is 1.97 bits per heavy atom. The van der Waals surface area contributed by atoms with Crippen LogP contribution in [0.1, 0.15) is 50.7 Å². The van der Waals surface area contributed by atoms with Crippen LogP contribution in [0.5, 0.6) is 11.6 Å². The Hall–Kier alpha value is -3.79. The van der Waals surface area contributed by atoms with Crippen LogP contribution in [0.2, 0.25) is 5.02 Å². The summed E-state index contributed by atoms with van der Waals surface area (Å²) in [7, 11) is 0. The van der Waals surface area contributed by atoms with Crippen molar-refractivity contribution in [3.8, 4) is 23.0 Å². The summed E-state index contributed by atoms with van der Waals surface area (Å²) in [6, 6.07) is 11.4. The second-order valence-electron chi connectivity index (χ2n) is 9.94. The topological polar surface area (TPSA) is 99.4 Å². The predicted octanol–water partition coefficient (Wildman–Crippen LogP) is 6.55. The molecule has 5 rings (SSSR count). The fraction of sp³-hybridized carbons (Fsp3) is 0.357. The molecule has 2 heterocycles. The number of hydrogen-bond donors (Lipinski definition) is 1. The van der Waals surface area contributed by atoms with Crippen molar-refractivity contribution in [3.63, 3.8) is 0 Å². The number of halogens is 3. The largest absolute Gasteiger partial charge is 0.494 e. The van der Waals surface area contributed by atoms with Crippen LogP contribution in [0.15, 0.2) is 48.8 Å². The maximum Gasteiger partial charge on any atom is 0.306 e. The van der Waals surface area contributed by atoms with E-state index in [9.17, 15) is 13.6 Å². The maximum atomic E-state index is 13.8. The van der Waals surface area contributed by atoms with Crippen LogP contribution < -0.4 is 9.47 Å². The average molecular weight is 557 g/mol. The highest BCUT2D eigenvalue weighted by atomic mass is 35.5. The van der Waals surface area contributed by atoms with Crippen molar-refractivity contribution in [2.24, 2.45) is 5.92 Å². The minimum Gasteiger partial charge on any atom is -0.494 e. The van der Waals surface area contributed by atoms with E-state index in [1.54, 1.807) is 47.9 Å². The van der Waals surface area contributed by atoms with E-state index in [1.165, 1.54) is 12.4 Å². The molecule has 1 saturated carbocycles. The molecule has 11 heteroatoms.